The third kappa shape index (κ3) is 5.15. The van der Waals surface area contributed by atoms with Crippen LogP contribution in [0, 0.1) is 0 Å². The van der Waals surface area contributed by atoms with Gasteiger partial charge >= 0.3 is 0 Å². The minimum Gasteiger partial charge on any atom is -0.481 e. The number of anilines is 1. The van der Waals surface area contributed by atoms with Crippen molar-refractivity contribution in [1.82, 2.24) is 5.32 Å². The van der Waals surface area contributed by atoms with Gasteiger partial charge in [0.15, 0.2) is 0 Å². The zero-order valence-corrected chi connectivity index (χ0v) is 16.6. The van der Waals surface area contributed by atoms with Crippen LogP contribution in [0.1, 0.15) is 30.9 Å². The summed E-state index contributed by atoms with van der Waals surface area (Å²) in [6.45, 7) is 0.217. The molecule has 2 atom stereocenters. The molecule has 2 aromatic rings. The number of unbranched alkanes of at least 4 members (excludes halogenated alkanes) is 1. The normalized spacial score (nSPS) is 18.2. The van der Waals surface area contributed by atoms with Gasteiger partial charge in [0.05, 0.1) is 5.69 Å². The Balaban J connectivity index is 1.74. The summed E-state index contributed by atoms with van der Waals surface area (Å²) in [5, 5.41) is 2.77. The number of hydrogen-bond acceptors (Lipinski definition) is 5. The van der Waals surface area contributed by atoms with E-state index in [0.717, 1.165) is 5.56 Å². The Hall–Kier alpha value is -3.39. The SMILES string of the molecule is NC(=O)CCCCNC(=O)CN1C(=O)[C@H](N)[C@H](c2ccccc2)Oc2ccccc21. The number of para-hydroxylation sites is 2. The molecule has 1 heterocycles. The van der Waals surface area contributed by atoms with Gasteiger partial charge in [0.1, 0.15) is 24.4 Å². The molecule has 3 rings (SSSR count). The van der Waals surface area contributed by atoms with Crippen LogP contribution >= 0.6 is 0 Å². The molecule has 0 radical (unpaired) electrons. The molecule has 8 nitrogen and oxygen atoms in total. The van der Waals surface area contributed by atoms with E-state index in [4.69, 9.17) is 16.2 Å². The van der Waals surface area contributed by atoms with Crippen LogP contribution in [0.5, 0.6) is 5.75 Å². The number of primary amides is 1. The van der Waals surface area contributed by atoms with E-state index in [-0.39, 0.29) is 24.8 Å². The Morgan fingerprint density at radius 2 is 1.73 bits per heavy atom. The van der Waals surface area contributed by atoms with Crippen molar-refractivity contribution in [2.75, 3.05) is 18.0 Å². The van der Waals surface area contributed by atoms with Gasteiger partial charge in [-0.05, 0) is 30.5 Å². The molecule has 0 aliphatic carbocycles. The van der Waals surface area contributed by atoms with E-state index in [0.29, 0.717) is 30.8 Å². The van der Waals surface area contributed by atoms with E-state index in [1.807, 2.05) is 30.3 Å². The van der Waals surface area contributed by atoms with Crippen molar-refractivity contribution in [1.29, 1.82) is 0 Å². The van der Waals surface area contributed by atoms with E-state index in [2.05, 4.69) is 5.32 Å². The van der Waals surface area contributed by atoms with Crippen molar-refractivity contribution in [2.45, 2.75) is 31.4 Å². The van der Waals surface area contributed by atoms with E-state index < -0.39 is 18.1 Å². The number of hydrogen-bond donors (Lipinski definition) is 3. The minimum absolute atomic E-state index is 0.176. The van der Waals surface area contributed by atoms with Crippen LogP contribution in [0.15, 0.2) is 54.6 Å². The number of ether oxygens (including phenoxy) is 1. The average Bonchev–Trinajstić information content (AvgIpc) is 2.84. The molecule has 2 aromatic carbocycles. The fourth-order valence-electron chi connectivity index (χ4n) is 3.35. The van der Waals surface area contributed by atoms with Crippen LogP contribution in [0.2, 0.25) is 0 Å². The molecule has 5 N–H and O–H groups in total. The zero-order valence-electron chi connectivity index (χ0n) is 16.6. The third-order valence-electron chi connectivity index (χ3n) is 4.89. The maximum absolute atomic E-state index is 13.2. The average molecular weight is 410 g/mol. The molecule has 0 fully saturated rings. The van der Waals surface area contributed by atoms with Gasteiger partial charge in [-0.1, -0.05) is 42.5 Å². The summed E-state index contributed by atoms with van der Waals surface area (Å²) in [6.07, 6.45) is 0.832. The van der Waals surface area contributed by atoms with Crippen LogP contribution < -0.4 is 26.4 Å². The van der Waals surface area contributed by atoms with Crippen molar-refractivity contribution in [3.63, 3.8) is 0 Å². The summed E-state index contributed by atoms with van der Waals surface area (Å²) in [5.41, 5.74) is 12.7. The molecule has 158 valence electrons. The number of fused-ring (bicyclic) bond motifs is 1. The monoisotopic (exact) mass is 410 g/mol. The van der Waals surface area contributed by atoms with Crippen molar-refractivity contribution in [2.24, 2.45) is 11.5 Å². The molecular formula is C22H26N4O4. The molecule has 30 heavy (non-hydrogen) atoms. The first-order valence-electron chi connectivity index (χ1n) is 9.90. The quantitative estimate of drug-likeness (QED) is 0.565. The fourth-order valence-corrected chi connectivity index (χ4v) is 3.35. The summed E-state index contributed by atoms with van der Waals surface area (Å²) < 4.78 is 6.11. The first kappa shape index (κ1) is 21.3. The van der Waals surface area contributed by atoms with Gasteiger partial charge < -0.3 is 21.5 Å². The lowest BCUT2D eigenvalue weighted by atomic mass is 10.0. The van der Waals surface area contributed by atoms with Crippen LogP contribution in [0.4, 0.5) is 5.69 Å². The second kappa shape index (κ2) is 9.89. The first-order valence-corrected chi connectivity index (χ1v) is 9.90. The van der Waals surface area contributed by atoms with Gasteiger partial charge in [-0.15, -0.1) is 0 Å². The van der Waals surface area contributed by atoms with E-state index >= 15 is 0 Å². The standard InChI is InChI=1S/C22H26N4O4/c23-18(27)12-6-7-13-25-19(28)14-26-16-10-4-5-11-17(16)30-21(20(24)22(26)29)15-8-2-1-3-9-15/h1-5,8-11,20-21H,6-7,12-14,24H2,(H2,23,27)(H,25,28)/t20-,21+/m1/s1. The first-order chi connectivity index (χ1) is 14.5. The van der Waals surface area contributed by atoms with Crippen LogP contribution in [0.3, 0.4) is 0 Å². The minimum atomic E-state index is -0.969. The summed E-state index contributed by atoms with van der Waals surface area (Å²) in [4.78, 5) is 37.8. The van der Waals surface area contributed by atoms with Crippen molar-refractivity contribution in [3.05, 3.63) is 60.2 Å². The number of benzene rings is 2. The van der Waals surface area contributed by atoms with Gasteiger partial charge in [-0.2, -0.15) is 0 Å². The van der Waals surface area contributed by atoms with Gasteiger partial charge in [0, 0.05) is 13.0 Å². The molecule has 0 saturated heterocycles. The van der Waals surface area contributed by atoms with Gasteiger partial charge in [-0.3, -0.25) is 19.3 Å². The Bertz CT molecular complexity index is 903. The van der Waals surface area contributed by atoms with Crippen molar-refractivity contribution in [3.8, 4) is 5.75 Å². The van der Waals surface area contributed by atoms with Crippen LogP contribution in [-0.4, -0.2) is 36.9 Å². The molecule has 0 unspecified atom stereocenters. The molecule has 0 spiro atoms. The second-order valence-electron chi connectivity index (χ2n) is 7.14. The number of nitrogens with zero attached hydrogens (tertiary/aromatic N) is 1. The molecule has 8 heteroatoms. The predicted molar refractivity (Wildman–Crippen MR) is 113 cm³/mol. The highest BCUT2D eigenvalue weighted by atomic mass is 16.5. The smallest absolute Gasteiger partial charge is 0.248 e. The number of carbonyl (C=O) groups excluding carboxylic acids is 3. The third-order valence-corrected chi connectivity index (χ3v) is 4.89. The van der Waals surface area contributed by atoms with E-state index in [1.54, 1.807) is 24.3 Å². The maximum atomic E-state index is 13.2. The van der Waals surface area contributed by atoms with Crippen LogP contribution in [0.25, 0.3) is 0 Å². The summed E-state index contributed by atoms with van der Waals surface area (Å²) in [6, 6.07) is 15.4. The van der Waals surface area contributed by atoms with Gasteiger partial charge in [0.2, 0.25) is 17.7 Å². The maximum Gasteiger partial charge on any atom is 0.248 e. The highest BCUT2D eigenvalue weighted by Crippen LogP contribution is 2.37. The molecule has 1 aliphatic heterocycles. The van der Waals surface area contributed by atoms with E-state index in [1.165, 1.54) is 4.90 Å². The number of rotatable bonds is 8. The summed E-state index contributed by atoms with van der Waals surface area (Å²) in [7, 11) is 0. The topological polar surface area (TPSA) is 128 Å². The van der Waals surface area contributed by atoms with Crippen molar-refractivity contribution >= 4 is 23.4 Å². The Morgan fingerprint density at radius 3 is 2.47 bits per heavy atom. The molecule has 1 aliphatic rings. The lowest BCUT2D eigenvalue weighted by Gasteiger charge is -2.24. The van der Waals surface area contributed by atoms with Crippen molar-refractivity contribution < 1.29 is 19.1 Å². The highest BCUT2D eigenvalue weighted by Gasteiger charge is 2.37. The van der Waals surface area contributed by atoms with Crippen LogP contribution in [-0.2, 0) is 14.4 Å². The van der Waals surface area contributed by atoms with Gasteiger partial charge in [-0.25, -0.2) is 0 Å². The number of nitrogens with two attached hydrogens (primary N) is 2. The molecule has 0 saturated carbocycles. The number of nitrogens with one attached hydrogen (secondary N) is 1. The van der Waals surface area contributed by atoms with Gasteiger partial charge in [0.25, 0.3) is 0 Å². The summed E-state index contributed by atoms with van der Waals surface area (Å²) in [5.74, 6) is -0.586. The summed E-state index contributed by atoms with van der Waals surface area (Å²) >= 11 is 0. The number of amides is 3. The Morgan fingerprint density at radius 1 is 1.03 bits per heavy atom. The molecule has 0 bridgehead atoms. The Labute approximate surface area is 175 Å². The zero-order chi connectivity index (χ0) is 21.5. The van der Waals surface area contributed by atoms with E-state index in [9.17, 15) is 14.4 Å². The number of carbonyl (C=O) groups is 3. The lowest BCUT2D eigenvalue weighted by Crippen LogP contribution is -2.49. The Kier molecular flexibility index (Phi) is 7.03. The molecule has 3 amide bonds. The highest BCUT2D eigenvalue weighted by molar-refractivity contribution is 6.03. The molecule has 0 aromatic heterocycles. The molecular weight excluding hydrogens is 384 g/mol. The predicted octanol–water partition coefficient (Wildman–Crippen LogP) is 1.25. The largest absolute Gasteiger partial charge is 0.481 e. The second-order valence-corrected chi connectivity index (χ2v) is 7.14. The fraction of sp³-hybridized carbons (Fsp3) is 0.318. The lowest BCUT2D eigenvalue weighted by molar-refractivity contribution is -0.125.